The van der Waals surface area contributed by atoms with E-state index < -0.39 is 0 Å². The first-order chi connectivity index (χ1) is 8.19. The van der Waals surface area contributed by atoms with Crippen molar-refractivity contribution < 1.29 is 4.39 Å². The smallest absolute Gasteiger partial charge is 0.128 e. The number of hydrogen-bond acceptors (Lipinski definition) is 1. The quantitative estimate of drug-likeness (QED) is 0.712. The Balaban J connectivity index is 2.77. The number of hydrogen-bond donors (Lipinski definition) is 1. The van der Waals surface area contributed by atoms with E-state index in [2.05, 4.69) is 35.1 Å². The first-order valence-electron chi connectivity index (χ1n) is 6.37. The number of rotatable bonds is 7. The molecule has 0 spiro atoms. The summed E-state index contributed by atoms with van der Waals surface area (Å²) in [5.74, 6) is -0.115. The van der Waals surface area contributed by atoms with Crippen molar-refractivity contribution in [3.8, 4) is 0 Å². The molecule has 0 aliphatic heterocycles. The molecule has 1 rings (SSSR count). The lowest BCUT2D eigenvalue weighted by Gasteiger charge is -2.19. The van der Waals surface area contributed by atoms with Crippen molar-refractivity contribution in [2.75, 3.05) is 6.54 Å². The minimum Gasteiger partial charge on any atom is -0.310 e. The van der Waals surface area contributed by atoms with E-state index in [4.69, 9.17) is 0 Å². The summed E-state index contributed by atoms with van der Waals surface area (Å²) in [5.41, 5.74) is 0.775. The van der Waals surface area contributed by atoms with E-state index in [0.29, 0.717) is 0 Å². The van der Waals surface area contributed by atoms with Gasteiger partial charge in [0.15, 0.2) is 0 Å². The average Bonchev–Trinajstić information content (AvgIpc) is 2.32. The second-order valence-electron chi connectivity index (χ2n) is 4.27. The predicted octanol–water partition coefficient (Wildman–Crippen LogP) is 4.82. The van der Waals surface area contributed by atoms with Gasteiger partial charge in [0.05, 0.1) is 0 Å². The van der Waals surface area contributed by atoms with Gasteiger partial charge >= 0.3 is 0 Å². The van der Waals surface area contributed by atoms with Gasteiger partial charge in [-0.2, -0.15) is 0 Å². The van der Waals surface area contributed by atoms with Crippen LogP contribution >= 0.6 is 15.9 Å². The molecule has 0 aliphatic carbocycles. The van der Waals surface area contributed by atoms with Crippen LogP contribution in [0, 0.1) is 5.82 Å². The third-order valence-electron chi connectivity index (χ3n) is 2.88. The molecule has 1 unspecified atom stereocenters. The first kappa shape index (κ1) is 14.7. The molecular weight excluding hydrogens is 281 g/mol. The van der Waals surface area contributed by atoms with Gasteiger partial charge in [-0.3, -0.25) is 0 Å². The Hall–Kier alpha value is -0.410. The zero-order chi connectivity index (χ0) is 12.7. The molecule has 1 nitrogen and oxygen atoms in total. The highest BCUT2D eigenvalue weighted by molar-refractivity contribution is 9.10. The van der Waals surface area contributed by atoms with Crippen molar-refractivity contribution in [1.82, 2.24) is 5.32 Å². The number of benzene rings is 1. The second-order valence-corrected chi connectivity index (χ2v) is 5.19. The Morgan fingerprint density at radius 1 is 1.29 bits per heavy atom. The highest BCUT2D eigenvalue weighted by atomic mass is 79.9. The Morgan fingerprint density at radius 2 is 2.06 bits per heavy atom. The second kappa shape index (κ2) is 7.83. The van der Waals surface area contributed by atoms with Gasteiger partial charge in [0.2, 0.25) is 0 Å². The van der Waals surface area contributed by atoms with Crippen LogP contribution < -0.4 is 5.32 Å². The summed E-state index contributed by atoms with van der Waals surface area (Å²) in [6, 6.07) is 5.29. The maximum atomic E-state index is 13.8. The van der Waals surface area contributed by atoms with Crippen molar-refractivity contribution in [3.63, 3.8) is 0 Å². The first-order valence-corrected chi connectivity index (χ1v) is 7.16. The summed E-state index contributed by atoms with van der Waals surface area (Å²) >= 11 is 3.40. The van der Waals surface area contributed by atoms with E-state index in [1.807, 2.05) is 6.07 Å². The van der Waals surface area contributed by atoms with E-state index in [1.54, 1.807) is 6.07 Å². The number of nitrogens with one attached hydrogen (secondary N) is 1. The molecule has 0 saturated heterocycles. The minimum absolute atomic E-state index is 0.115. The third-order valence-corrected chi connectivity index (χ3v) is 3.37. The zero-order valence-corrected chi connectivity index (χ0v) is 12.2. The van der Waals surface area contributed by atoms with Gasteiger partial charge in [-0.1, -0.05) is 49.0 Å². The summed E-state index contributed by atoms with van der Waals surface area (Å²) < 4.78 is 14.7. The largest absolute Gasteiger partial charge is 0.310 e. The topological polar surface area (TPSA) is 12.0 Å². The molecule has 3 heteroatoms. The Kier molecular flexibility index (Phi) is 6.75. The summed E-state index contributed by atoms with van der Waals surface area (Å²) in [5, 5.41) is 3.37. The van der Waals surface area contributed by atoms with Crippen LogP contribution in [-0.4, -0.2) is 6.54 Å². The Morgan fingerprint density at radius 3 is 2.71 bits per heavy atom. The average molecular weight is 302 g/mol. The van der Waals surface area contributed by atoms with Crippen molar-refractivity contribution in [3.05, 3.63) is 34.1 Å². The van der Waals surface area contributed by atoms with Crippen molar-refractivity contribution in [2.45, 2.75) is 45.6 Å². The Labute approximate surface area is 112 Å². The maximum Gasteiger partial charge on any atom is 0.128 e. The molecule has 0 heterocycles. The van der Waals surface area contributed by atoms with Gasteiger partial charge in [-0.05, 0) is 31.2 Å². The highest BCUT2D eigenvalue weighted by Crippen LogP contribution is 2.25. The molecule has 17 heavy (non-hydrogen) atoms. The van der Waals surface area contributed by atoms with Gasteiger partial charge in [0, 0.05) is 16.1 Å². The number of halogens is 2. The van der Waals surface area contributed by atoms with Crippen LogP contribution in [0.4, 0.5) is 4.39 Å². The molecular formula is C14H21BrFN. The van der Waals surface area contributed by atoms with E-state index in [9.17, 15) is 4.39 Å². The van der Waals surface area contributed by atoms with Gasteiger partial charge in [-0.15, -0.1) is 0 Å². The molecule has 1 aromatic rings. The Bertz CT molecular complexity index is 341. The normalized spacial score (nSPS) is 12.7. The lowest BCUT2D eigenvalue weighted by molar-refractivity contribution is 0.464. The summed E-state index contributed by atoms with van der Waals surface area (Å²) in [6.07, 6.45) is 4.53. The van der Waals surface area contributed by atoms with E-state index in [-0.39, 0.29) is 11.9 Å². The summed E-state index contributed by atoms with van der Waals surface area (Å²) in [7, 11) is 0. The molecule has 1 N–H and O–H groups in total. The van der Waals surface area contributed by atoms with Crippen LogP contribution in [0.2, 0.25) is 0 Å². The molecule has 1 aromatic carbocycles. The van der Waals surface area contributed by atoms with Gasteiger partial charge < -0.3 is 5.32 Å². The van der Waals surface area contributed by atoms with Crippen molar-refractivity contribution >= 4 is 15.9 Å². The summed E-state index contributed by atoms with van der Waals surface area (Å²) in [6.45, 7) is 5.10. The van der Waals surface area contributed by atoms with Crippen molar-refractivity contribution in [1.29, 1.82) is 0 Å². The molecule has 0 saturated carbocycles. The molecule has 96 valence electrons. The van der Waals surface area contributed by atoms with Gasteiger partial charge in [0.25, 0.3) is 0 Å². The monoisotopic (exact) mass is 301 g/mol. The fourth-order valence-electron chi connectivity index (χ4n) is 1.99. The zero-order valence-electron chi connectivity index (χ0n) is 10.6. The standard InChI is InChI=1S/C14H21BrFN/c1-3-5-6-7-14(17-4-2)12-10-11(15)8-9-13(12)16/h8-10,14,17H,3-7H2,1-2H3. The van der Waals surface area contributed by atoms with Crippen LogP contribution in [-0.2, 0) is 0 Å². The molecule has 0 fully saturated rings. The molecule has 0 aliphatic rings. The van der Waals surface area contributed by atoms with E-state index >= 15 is 0 Å². The summed E-state index contributed by atoms with van der Waals surface area (Å²) in [4.78, 5) is 0. The van der Waals surface area contributed by atoms with Gasteiger partial charge in [-0.25, -0.2) is 4.39 Å². The number of unbranched alkanes of at least 4 members (excludes halogenated alkanes) is 2. The van der Waals surface area contributed by atoms with Gasteiger partial charge in [0.1, 0.15) is 5.82 Å². The minimum atomic E-state index is -0.115. The predicted molar refractivity (Wildman–Crippen MR) is 74.7 cm³/mol. The lowest BCUT2D eigenvalue weighted by atomic mass is 10.00. The van der Waals surface area contributed by atoms with E-state index in [0.717, 1.165) is 29.4 Å². The molecule has 0 aromatic heterocycles. The lowest BCUT2D eigenvalue weighted by Crippen LogP contribution is -2.22. The third kappa shape index (κ3) is 4.76. The van der Waals surface area contributed by atoms with E-state index in [1.165, 1.54) is 18.9 Å². The molecule has 0 amide bonds. The van der Waals surface area contributed by atoms with Crippen LogP contribution in [0.1, 0.15) is 51.1 Å². The van der Waals surface area contributed by atoms with Crippen LogP contribution in [0.15, 0.2) is 22.7 Å². The molecule has 0 radical (unpaired) electrons. The molecule has 1 atom stereocenters. The molecule has 0 bridgehead atoms. The highest BCUT2D eigenvalue weighted by Gasteiger charge is 2.14. The van der Waals surface area contributed by atoms with Crippen LogP contribution in [0.25, 0.3) is 0 Å². The van der Waals surface area contributed by atoms with Crippen molar-refractivity contribution in [2.24, 2.45) is 0 Å². The van der Waals surface area contributed by atoms with Crippen LogP contribution in [0.3, 0.4) is 0 Å². The fourth-order valence-corrected chi connectivity index (χ4v) is 2.37. The SMILES string of the molecule is CCCCCC(NCC)c1cc(Br)ccc1F. The maximum absolute atomic E-state index is 13.8. The van der Waals surface area contributed by atoms with Crippen LogP contribution in [0.5, 0.6) is 0 Å². The fraction of sp³-hybridized carbons (Fsp3) is 0.571.